The van der Waals surface area contributed by atoms with Crippen LogP contribution in [0.2, 0.25) is 0 Å². The van der Waals surface area contributed by atoms with E-state index in [0.717, 1.165) is 30.7 Å². The Balaban J connectivity index is 1.73. The molecule has 0 spiro atoms. The number of rotatable bonds is 4. The van der Waals surface area contributed by atoms with Gasteiger partial charge in [-0.15, -0.1) is 0 Å². The average Bonchev–Trinajstić information content (AvgIpc) is 3.00. The third-order valence-electron chi connectivity index (χ3n) is 4.44. The molecule has 1 atom stereocenters. The van der Waals surface area contributed by atoms with Crippen LogP contribution in [0.25, 0.3) is 0 Å². The fraction of sp³-hybridized carbons (Fsp3) is 0.444. The van der Waals surface area contributed by atoms with E-state index in [2.05, 4.69) is 35.9 Å². The van der Waals surface area contributed by atoms with Crippen LogP contribution in [0.1, 0.15) is 37.2 Å². The monoisotopic (exact) mass is 297 g/mol. The molecule has 1 aliphatic rings. The van der Waals surface area contributed by atoms with Crippen LogP contribution in [-0.4, -0.2) is 26.8 Å². The van der Waals surface area contributed by atoms with E-state index < -0.39 is 0 Å². The number of carbonyl (C=O) groups is 1. The zero-order valence-corrected chi connectivity index (χ0v) is 13.2. The van der Waals surface area contributed by atoms with Gasteiger partial charge in [0.15, 0.2) is 0 Å². The van der Waals surface area contributed by atoms with Gasteiger partial charge in [0.05, 0.1) is 12.0 Å². The molecule has 0 aliphatic heterocycles. The summed E-state index contributed by atoms with van der Waals surface area (Å²) >= 11 is 0. The number of fused-ring (bicyclic) bond motifs is 1. The van der Waals surface area contributed by atoms with Gasteiger partial charge in [-0.2, -0.15) is 0 Å². The molecule has 0 bridgehead atoms. The first-order valence-electron chi connectivity index (χ1n) is 8.00. The molecule has 1 heterocycles. The first-order valence-corrected chi connectivity index (χ1v) is 8.00. The Bertz CT molecular complexity index is 633. The predicted molar refractivity (Wildman–Crippen MR) is 86.2 cm³/mol. The van der Waals surface area contributed by atoms with E-state index in [9.17, 15) is 4.79 Å². The van der Waals surface area contributed by atoms with Gasteiger partial charge < -0.3 is 9.88 Å². The minimum atomic E-state index is 0.0686. The lowest BCUT2D eigenvalue weighted by Crippen LogP contribution is -2.42. The fourth-order valence-electron chi connectivity index (χ4n) is 3.14. The summed E-state index contributed by atoms with van der Waals surface area (Å²) in [6, 6.07) is 10.4. The first-order chi connectivity index (χ1) is 10.6. The zero-order chi connectivity index (χ0) is 15.5. The fourth-order valence-corrected chi connectivity index (χ4v) is 3.14. The summed E-state index contributed by atoms with van der Waals surface area (Å²) in [7, 11) is 0. The molecule has 1 aromatic heterocycles. The van der Waals surface area contributed by atoms with E-state index in [1.165, 1.54) is 5.56 Å². The summed E-state index contributed by atoms with van der Waals surface area (Å²) in [5.41, 5.74) is 3.44. The lowest BCUT2D eigenvalue weighted by Gasteiger charge is -2.32. The Labute approximate surface area is 131 Å². The molecule has 116 valence electrons. The van der Waals surface area contributed by atoms with Crippen LogP contribution >= 0.6 is 0 Å². The largest absolute Gasteiger partial charge is 0.348 e. The molecule has 3 rings (SSSR count). The lowest BCUT2D eigenvalue weighted by molar-refractivity contribution is -0.138. The summed E-state index contributed by atoms with van der Waals surface area (Å²) in [5.74, 6) is 0.332. The van der Waals surface area contributed by atoms with Crippen molar-refractivity contribution in [2.45, 2.75) is 45.7 Å². The third kappa shape index (κ3) is 3.06. The van der Waals surface area contributed by atoms with E-state index in [1.54, 1.807) is 6.33 Å². The first kappa shape index (κ1) is 14.8. The second-order valence-electron chi connectivity index (χ2n) is 6.31. The molecule has 22 heavy (non-hydrogen) atoms. The smallest absolute Gasteiger partial charge is 0.226 e. The molecular weight excluding hydrogens is 274 g/mol. The molecule has 0 radical (unpaired) electrons. The normalized spacial score (nSPS) is 17.3. The highest BCUT2D eigenvalue weighted by molar-refractivity contribution is 5.79. The van der Waals surface area contributed by atoms with Crippen LogP contribution in [0.3, 0.4) is 0 Å². The van der Waals surface area contributed by atoms with E-state index >= 15 is 0 Å². The highest BCUT2D eigenvalue weighted by Gasteiger charge is 2.30. The van der Waals surface area contributed by atoms with E-state index in [0.29, 0.717) is 6.54 Å². The van der Waals surface area contributed by atoms with Crippen LogP contribution in [0.15, 0.2) is 36.7 Å². The van der Waals surface area contributed by atoms with Gasteiger partial charge >= 0.3 is 0 Å². The van der Waals surface area contributed by atoms with Crippen LogP contribution in [0.5, 0.6) is 0 Å². The van der Waals surface area contributed by atoms with E-state index in [1.807, 2.05) is 23.1 Å². The van der Waals surface area contributed by atoms with Crippen molar-refractivity contribution in [1.29, 1.82) is 0 Å². The molecule has 1 aliphatic carbocycles. The van der Waals surface area contributed by atoms with E-state index in [-0.39, 0.29) is 17.9 Å². The minimum absolute atomic E-state index is 0.0686. The number of aryl methyl sites for hydroxylation is 1. The van der Waals surface area contributed by atoms with Gasteiger partial charge in [0.1, 0.15) is 0 Å². The van der Waals surface area contributed by atoms with Gasteiger partial charge in [-0.25, -0.2) is 4.98 Å². The van der Waals surface area contributed by atoms with Crippen molar-refractivity contribution in [3.8, 4) is 0 Å². The van der Waals surface area contributed by atoms with Crippen molar-refractivity contribution in [3.05, 3.63) is 53.6 Å². The molecule has 1 N–H and O–H groups in total. The van der Waals surface area contributed by atoms with Gasteiger partial charge in [0, 0.05) is 30.6 Å². The maximum absolute atomic E-state index is 13.0. The second kappa shape index (κ2) is 6.34. The third-order valence-corrected chi connectivity index (χ3v) is 4.44. The molecule has 1 amide bonds. The lowest BCUT2D eigenvalue weighted by atomic mass is 9.88. The summed E-state index contributed by atoms with van der Waals surface area (Å²) in [5, 5.41) is 0. The number of benzene rings is 1. The van der Waals surface area contributed by atoms with Gasteiger partial charge in [0.25, 0.3) is 0 Å². The molecule has 4 nitrogen and oxygen atoms in total. The van der Waals surface area contributed by atoms with Gasteiger partial charge in [0.2, 0.25) is 5.91 Å². The van der Waals surface area contributed by atoms with Crippen molar-refractivity contribution in [2.75, 3.05) is 0 Å². The molecule has 1 unspecified atom stereocenters. The molecular formula is C18H23N3O. The highest BCUT2D eigenvalue weighted by atomic mass is 16.2. The Morgan fingerprint density at radius 2 is 2.14 bits per heavy atom. The van der Waals surface area contributed by atoms with Gasteiger partial charge in [-0.1, -0.05) is 30.3 Å². The van der Waals surface area contributed by atoms with Gasteiger partial charge in [-0.05, 0) is 32.3 Å². The van der Waals surface area contributed by atoms with Crippen LogP contribution in [0.4, 0.5) is 0 Å². The topological polar surface area (TPSA) is 49.0 Å². The van der Waals surface area contributed by atoms with Gasteiger partial charge in [-0.3, -0.25) is 4.79 Å². The van der Waals surface area contributed by atoms with Crippen molar-refractivity contribution >= 4 is 5.91 Å². The number of hydrogen-bond acceptors (Lipinski definition) is 2. The second-order valence-corrected chi connectivity index (χ2v) is 6.31. The number of carbonyl (C=O) groups excluding carboxylic acids is 1. The number of imidazole rings is 1. The summed E-state index contributed by atoms with van der Waals surface area (Å²) in [4.78, 5) is 22.5. The number of hydrogen-bond donors (Lipinski definition) is 1. The Morgan fingerprint density at radius 1 is 1.36 bits per heavy atom. The number of nitrogens with one attached hydrogen (secondary N) is 1. The number of amides is 1. The summed E-state index contributed by atoms with van der Waals surface area (Å²) in [6.45, 7) is 4.86. The van der Waals surface area contributed by atoms with Crippen LogP contribution in [0, 0.1) is 5.92 Å². The number of aromatic amines is 1. The Hall–Kier alpha value is -2.10. The van der Waals surface area contributed by atoms with Crippen LogP contribution in [-0.2, 0) is 24.2 Å². The molecule has 4 heteroatoms. The number of H-pyrrole nitrogens is 1. The number of aromatic nitrogens is 2. The SMILES string of the molecule is CC(C)N(Cc1ccccc1)C(=O)C1CCc2nc[nH]c2C1. The summed E-state index contributed by atoms with van der Waals surface area (Å²) in [6.07, 6.45) is 4.31. The van der Waals surface area contributed by atoms with E-state index in [4.69, 9.17) is 0 Å². The van der Waals surface area contributed by atoms with Crippen molar-refractivity contribution < 1.29 is 4.79 Å². The predicted octanol–water partition coefficient (Wildman–Crippen LogP) is 2.95. The average molecular weight is 297 g/mol. The number of nitrogens with zero attached hydrogens (tertiary/aromatic N) is 2. The molecule has 2 aromatic rings. The summed E-state index contributed by atoms with van der Waals surface area (Å²) < 4.78 is 0. The quantitative estimate of drug-likeness (QED) is 0.943. The maximum atomic E-state index is 13.0. The minimum Gasteiger partial charge on any atom is -0.348 e. The molecule has 0 saturated heterocycles. The Kier molecular flexibility index (Phi) is 4.27. The van der Waals surface area contributed by atoms with Crippen LogP contribution < -0.4 is 0 Å². The van der Waals surface area contributed by atoms with Crippen molar-refractivity contribution in [2.24, 2.45) is 5.92 Å². The Morgan fingerprint density at radius 3 is 2.86 bits per heavy atom. The molecule has 0 saturated carbocycles. The van der Waals surface area contributed by atoms with Crippen molar-refractivity contribution in [3.63, 3.8) is 0 Å². The van der Waals surface area contributed by atoms with Crippen molar-refractivity contribution in [1.82, 2.24) is 14.9 Å². The maximum Gasteiger partial charge on any atom is 0.226 e. The molecule has 0 fully saturated rings. The highest BCUT2D eigenvalue weighted by Crippen LogP contribution is 2.25. The standard InChI is InChI=1S/C18H23N3O/c1-13(2)21(11-14-6-4-3-5-7-14)18(22)15-8-9-16-17(10-15)20-12-19-16/h3-7,12-13,15H,8-11H2,1-2H3,(H,19,20). The zero-order valence-electron chi connectivity index (χ0n) is 13.2. The molecule has 1 aromatic carbocycles.